The molecule has 0 saturated carbocycles. The van der Waals surface area contributed by atoms with E-state index in [9.17, 15) is 0 Å². The number of benzene rings is 2. The number of aryl methyl sites for hydroxylation is 1. The summed E-state index contributed by atoms with van der Waals surface area (Å²) in [5, 5.41) is 1.46. The van der Waals surface area contributed by atoms with E-state index in [0.717, 1.165) is 27.2 Å². The summed E-state index contributed by atoms with van der Waals surface area (Å²) in [6.45, 7) is 2.65. The van der Waals surface area contributed by atoms with Crippen molar-refractivity contribution in [1.82, 2.24) is 0 Å². The minimum atomic E-state index is 0.571. The third-order valence-electron chi connectivity index (χ3n) is 2.68. The zero-order valence-corrected chi connectivity index (χ0v) is 12.5. The third-order valence-corrected chi connectivity index (χ3v) is 3.52. The first kappa shape index (κ1) is 13.4. The van der Waals surface area contributed by atoms with Crippen molar-refractivity contribution in [3.8, 4) is 5.75 Å². The van der Waals surface area contributed by atoms with Gasteiger partial charge in [0.2, 0.25) is 0 Å². The van der Waals surface area contributed by atoms with Gasteiger partial charge in [-0.25, -0.2) is 0 Å². The van der Waals surface area contributed by atoms with Crippen molar-refractivity contribution in [3.05, 3.63) is 64.2 Å². The fourth-order valence-corrected chi connectivity index (χ4v) is 2.27. The Morgan fingerprint density at radius 2 is 1.83 bits per heavy atom. The topological polar surface area (TPSA) is 9.23 Å². The fourth-order valence-electron chi connectivity index (χ4n) is 1.64. The Balaban J connectivity index is 2.08. The summed E-state index contributed by atoms with van der Waals surface area (Å²) in [5.41, 5.74) is 3.48. The van der Waals surface area contributed by atoms with Crippen LogP contribution >= 0.6 is 27.5 Å². The second-order valence-corrected chi connectivity index (χ2v) is 5.16. The van der Waals surface area contributed by atoms with Crippen molar-refractivity contribution in [3.63, 3.8) is 0 Å². The van der Waals surface area contributed by atoms with E-state index in [1.165, 1.54) is 5.56 Å². The standard InChI is InChI=1S/C15H14BrClO/c1-11-2-4-12(5-3-11)10-18-15-7-6-14(17)8-13(15)9-16/h2-8H,9-10H2,1H3. The highest BCUT2D eigenvalue weighted by Crippen LogP contribution is 2.25. The molecule has 18 heavy (non-hydrogen) atoms. The summed E-state index contributed by atoms with van der Waals surface area (Å²) < 4.78 is 5.82. The Morgan fingerprint density at radius 1 is 1.11 bits per heavy atom. The van der Waals surface area contributed by atoms with E-state index in [-0.39, 0.29) is 0 Å². The maximum Gasteiger partial charge on any atom is 0.123 e. The van der Waals surface area contributed by atoms with Gasteiger partial charge in [-0.3, -0.25) is 0 Å². The Labute approximate surface area is 121 Å². The molecule has 3 heteroatoms. The van der Waals surface area contributed by atoms with Gasteiger partial charge >= 0.3 is 0 Å². The number of hydrogen-bond donors (Lipinski definition) is 0. The number of ether oxygens (including phenoxy) is 1. The van der Waals surface area contributed by atoms with Crippen molar-refractivity contribution in [2.24, 2.45) is 0 Å². The molecule has 2 aromatic rings. The highest BCUT2D eigenvalue weighted by molar-refractivity contribution is 9.08. The van der Waals surface area contributed by atoms with E-state index >= 15 is 0 Å². The Morgan fingerprint density at radius 3 is 2.50 bits per heavy atom. The molecule has 2 rings (SSSR count). The lowest BCUT2D eigenvalue weighted by atomic mass is 10.2. The SMILES string of the molecule is Cc1ccc(COc2ccc(Cl)cc2CBr)cc1. The van der Waals surface area contributed by atoms with Crippen LogP contribution in [0.5, 0.6) is 5.75 Å². The van der Waals surface area contributed by atoms with Crippen LogP contribution in [0.4, 0.5) is 0 Å². The van der Waals surface area contributed by atoms with E-state index < -0.39 is 0 Å². The van der Waals surface area contributed by atoms with Crippen molar-refractivity contribution < 1.29 is 4.74 Å². The van der Waals surface area contributed by atoms with Gasteiger partial charge in [0.25, 0.3) is 0 Å². The van der Waals surface area contributed by atoms with Crippen LogP contribution in [0.15, 0.2) is 42.5 Å². The molecule has 94 valence electrons. The van der Waals surface area contributed by atoms with Crippen LogP contribution in [-0.2, 0) is 11.9 Å². The average molecular weight is 326 g/mol. The second kappa shape index (κ2) is 6.26. The lowest BCUT2D eigenvalue weighted by Crippen LogP contribution is -1.97. The molecule has 0 radical (unpaired) electrons. The molecule has 0 fully saturated rings. The van der Waals surface area contributed by atoms with Crippen LogP contribution in [0.3, 0.4) is 0 Å². The van der Waals surface area contributed by atoms with E-state index in [0.29, 0.717) is 6.61 Å². The molecule has 2 aromatic carbocycles. The molecular weight excluding hydrogens is 312 g/mol. The number of rotatable bonds is 4. The molecule has 0 aliphatic carbocycles. The lowest BCUT2D eigenvalue weighted by molar-refractivity contribution is 0.304. The van der Waals surface area contributed by atoms with E-state index in [2.05, 4.69) is 47.1 Å². The Hall–Kier alpha value is -0.990. The summed E-state index contributed by atoms with van der Waals surface area (Å²) in [6.07, 6.45) is 0. The molecule has 0 saturated heterocycles. The predicted octanol–water partition coefficient (Wildman–Crippen LogP) is 5.12. The zero-order valence-electron chi connectivity index (χ0n) is 10.1. The van der Waals surface area contributed by atoms with Crippen molar-refractivity contribution in [2.75, 3.05) is 0 Å². The molecule has 0 unspecified atom stereocenters. The van der Waals surface area contributed by atoms with E-state index in [4.69, 9.17) is 16.3 Å². The smallest absolute Gasteiger partial charge is 0.123 e. The second-order valence-electron chi connectivity index (χ2n) is 4.16. The molecule has 0 aromatic heterocycles. The largest absolute Gasteiger partial charge is 0.489 e. The summed E-state index contributed by atoms with van der Waals surface area (Å²) >= 11 is 9.39. The first-order valence-electron chi connectivity index (χ1n) is 5.72. The van der Waals surface area contributed by atoms with Crippen LogP contribution in [0.1, 0.15) is 16.7 Å². The monoisotopic (exact) mass is 324 g/mol. The van der Waals surface area contributed by atoms with E-state index in [1.54, 1.807) is 0 Å². The minimum absolute atomic E-state index is 0.571. The Bertz CT molecular complexity index is 523. The predicted molar refractivity (Wildman–Crippen MR) is 79.6 cm³/mol. The maximum atomic E-state index is 5.95. The number of hydrogen-bond acceptors (Lipinski definition) is 1. The van der Waals surface area contributed by atoms with Gasteiger partial charge in [0.15, 0.2) is 0 Å². The highest BCUT2D eigenvalue weighted by Gasteiger charge is 2.04. The lowest BCUT2D eigenvalue weighted by Gasteiger charge is -2.10. The van der Waals surface area contributed by atoms with Crippen LogP contribution in [0.25, 0.3) is 0 Å². The van der Waals surface area contributed by atoms with Crippen LogP contribution < -0.4 is 4.74 Å². The Kier molecular flexibility index (Phi) is 4.67. The minimum Gasteiger partial charge on any atom is -0.489 e. The maximum absolute atomic E-state index is 5.95. The van der Waals surface area contributed by atoms with E-state index in [1.807, 2.05) is 18.2 Å². The highest BCUT2D eigenvalue weighted by atomic mass is 79.9. The molecule has 1 nitrogen and oxygen atoms in total. The third kappa shape index (κ3) is 3.50. The van der Waals surface area contributed by atoms with Gasteiger partial charge in [0.1, 0.15) is 12.4 Å². The van der Waals surface area contributed by atoms with Crippen LogP contribution in [-0.4, -0.2) is 0 Å². The van der Waals surface area contributed by atoms with Crippen LogP contribution in [0.2, 0.25) is 5.02 Å². The van der Waals surface area contributed by atoms with Gasteiger partial charge in [0, 0.05) is 15.9 Å². The molecule has 0 N–H and O–H groups in total. The molecule has 0 spiro atoms. The van der Waals surface area contributed by atoms with Gasteiger partial charge in [0.05, 0.1) is 0 Å². The molecule has 0 aliphatic rings. The summed E-state index contributed by atoms with van der Waals surface area (Å²) in [5.74, 6) is 0.872. The van der Waals surface area contributed by atoms with Gasteiger partial charge in [-0.15, -0.1) is 0 Å². The first-order chi connectivity index (χ1) is 8.69. The van der Waals surface area contributed by atoms with Gasteiger partial charge in [-0.05, 0) is 30.7 Å². The summed E-state index contributed by atoms with van der Waals surface area (Å²) in [7, 11) is 0. The molecule has 0 amide bonds. The molecule has 0 bridgehead atoms. The summed E-state index contributed by atoms with van der Waals surface area (Å²) in [4.78, 5) is 0. The van der Waals surface area contributed by atoms with Gasteiger partial charge < -0.3 is 4.74 Å². The molecule has 0 atom stereocenters. The fraction of sp³-hybridized carbons (Fsp3) is 0.200. The molecule has 0 heterocycles. The number of alkyl halides is 1. The average Bonchev–Trinajstić information content (AvgIpc) is 2.39. The quantitative estimate of drug-likeness (QED) is 0.709. The van der Waals surface area contributed by atoms with Crippen molar-refractivity contribution in [2.45, 2.75) is 18.9 Å². The van der Waals surface area contributed by atoms with Gasteiger partial charge in [-0.1, -0.05) is 57.4 Å². The van der Waals surface area contributed by atoms with Crippen LogP contribution in [0, 0.1) is 6.92 Å². The molecular formula is C15H14BrClO. The van der Waals surface area contributed by atoms with Crippen molar-refractivity contribution >= 4 is 27.5 Å². The number of halogens is 2. The normalized spacial score (nSPS) is 10.4. The first-order valence-corrected chi connectivity index (χ1v) is 7.21. The summed E-state index contributed by atoms with van der Waals surface area (Å²) in [6, 6.07) is 14.0. The van der Waals surface area contributed by atoms with Crippen molar-refractivity contribution in [1.29, 1.82) is 0 Å². The zero-order chi connectivity index (χ0) is 13.0. The molecule has 0 aliphatic heterocycles. The van der Waals surface area contributed by atoms with Gasteiger partial charge in [-0.2, -0.15) is 0 Å².